The molecule has 4 unspecified atom stereocenters. The summed E-state index contributed by atoms with van der Waals surface area (Å²) in [5.74, 6) is 1.36. The predicted octanol–water partition coefficient (Wildman–Crippen LogP) is 2.61. The zero-order valence-electron chi connectivity index (χ0n) is 15.7. The van der Waals surface area contributed by atoms with Gasteiger partial charge in [-0.3, -0.25) is 20.5 Å². The van der Waals surface area contributed by atoms with Crippen molar-refractivity contribution in [3.8, 4) is 0 Å². The molecule has 25 heavy (non-hydrogen) atoms. The molecule has 1 saturated heterocycles. The number of hydrazine groups is 1. The van der Waals surface area contributed by atoms with E-state index in [-0.39, 0.29) is 17.9 Å². The molecule has 0 aromatic heterocycles. The molecular weight excluding hydrogens is 312 g/mol. The summed E-state index contributed by atoms with van der Waals surface area (Å²) in [5, 5.41) is 3.17. The summed E-state index contributed by atoms with van der Waals surface area (Å²) in [4.78, 5) is 15.3. The van der Waals surface area contributed by atoms with Crippen molar-refractivity contribution >= 4 is 11.6 Å². The lowest BCUT2D eigenvalue weighted by Crippen LogP contribution is -2.47. The Hall–Kier alpha value is -1.43. The van der Waals surface area contributed by atoms with Gasteiger partial charge >= 0.3 is 0 Å². The average Bonchev–Trinajstić information content (AvgIpc) is 3.07. The Morgan fingerprint density at radius 2 is 2.08 bits per heavy atom. The molecule has 4 atom stereocenters. The third-order valence-electron chi connectivity index (χ3n) is 5.77. The van der Waals surface area contributed by atoms with Gasteiger partial charge in [0.2, 0.25) is 5.91 Å². The van der Waals surface area contributed by atoms with Gasteiger partial charge in [-0.25, -0.2) is 0 Å². The largest absolute Gasteiger partial charge is 0.326 e. The quantitative estimate of drug-likeness (QED) is 0.742. The molecule has 3 rings (SSSR count). The normalized spacial score (nSPS) is 28.8. The van der Waals surface area contributed by atoms with Gasteiger partial charge in [-0.2, -0.15) is 0 Å². The minimum Gasteiger partial charge on any atom is -0.326 e. The molecule has 1 aliphatic heterocycles. The second-order valence-electron chi connectivity index (χ2n) is 7.65. The fourth-order valence-corrected chi connectivity index (χ4v) is 4.36. The van der Waals surface area contributed by atoms with Gasteiger partial charge < -0.3 is 5.32 Å². The molecule has 1 saturated carbocycles. The number of rotatable bonds is 6. The maximum Gasteiger partial charge on any atom is 0.229 e. The Morgan fingerprint density at radius 3 is 2.84 bits per heavy atom. The number of fused-ring (bicyclic) bond motifs is 1. The zero-order valence-corrected chi connectivity index (χ0v) is 15.7. The smallest absolute Gasteiger partial charge is 0.229 e. The van der Waals surface area contributed by atoms with E-state index in [0.717, 1.165) is 38.3 Å². The van der Waals surface area contributed by atoms with Crippen LogP contribution < -0.4 is 16.2 Å². The summed E-state index contributed by atoms with van der Waals surface area (Å²) in [6, 6.07) is 8.54. The van der Waals surface area contributed by atoms with Crippen LogP contribution in [0.1, 0.15) is 39.2 Å². The fourth-order valence-electron chi connectivity index (χ4n) is 4.36. The topological polar surface area (TPSA) is 56.4 Å². The molecule has 0 bridgehead atoms. The molecule has 5 heteroatoms. The molecule has 1 aromatic carbocycles. The highest BCUT2D eigenvalue weighted by Crippen LogP contribution is 2.35. The monoisotopic (exact) mass is 344 g/mol. The number of amides is 1. The van der Waals surface area contributed by atoms with Gasteiger partial charge in [-0.15, -0.1) is 0 Å². The molecule has 1 aliphatic carbocycles. The number of carbonyl (C=O) groups is 1. The second-order valence-corrected chi connectivity index (χ2v) is 7.65. The zero-order chi connectivity index (χ0) is 17.8. The number of nitrogens with zero attached hydrogens (tertiary/aromatic N) is 1. The summed E-state index contributed by atoms with van der Waals surface area (Å²) in [5.41, 5.74) is 8.73. The van der Waals surface area contributed by atoms with Crippen LogP contribution in [0.3, 0.4) is 0 Å². The van der Waals surface area contributed by atoms with Crippen LogP contribution in [0.15, 0.2) is 24.3 Å². The standard InChI is InChI=1S/C20H32N4O/c1-4-24(5-2)13-15-7-6-8-17(11-15)22-20(25)18-10-14(3)9-16-12-21-23-19(16)18/h6-8,11,14,16,18-19,21,23H,4-5,9-10,12-13H2,1-3H3,(H,22,25). The van der Waals surface area contributed by atoms with Gasteiger partial charge in [0.25, 0.3) is 0 Å². The van der Waals surface area contributed by atoms with Crippen molar-refractivity contribution in [2.75, 3.05) is 25.0 Å². The van der Waals surface area contributed by atoms with E-state index in [0.29, 0.717) is 11.8 Å². The first-order chi connectivity index (χ1) is 12.1. The lowest BCUT2D eigenvalue weighted by Gasteiger charge is -2.35. The average molecular weight is 345 g/mol. The summed E-state index contributed by atoms with van der Waals surface area (Å²) in [6.45, 7) is 10.6. The van der Waals surface area contributed by atoms with Crippen LogP contribution in [0.2, 0.25) is 0 Å². The summed E-state index contributed by atoms with van der Waals surface area (Å²) in [6.07, 6.45) is 2.16. The minimum atomic E-state index is 0.0372. The van der Waals surface area contributed by atoms with Gasteiger partial charge in [0.05, 0.1) is 5.92 Å². The van der Waals surface area contributed by atoms with Crippen molar-refractivity contribution in [2.24, 2.45) is 17.8 Å². The first kappa shape index (κ1) is 18.4. The minimum absolute atomic E-state index is 0.0372. The molecule has 138 valence electrons. The molecule has 2 aliphatic rings. The first-order valence-corrected chi connectivity index (χ1v) is 9.71. The number of hydrogen-bond acceptors (Lipinski definition) is 4. The molecule has 1 heterocycles. The van der Waals surface area contributed by atoms with E-state index in [4.69, 9.17) is 0 Å². The van der Waals surface area contributed by atoms with Crippen LogP contribution >= 0.6 is 0 Å². The maximum atomic E-state index is 12.9. The Balaban J connectivity index is 1.66. The lowest BCUT2D eigenvalue weighted by molar-refractivity contribution is -0.122. The highest BCUT2D eigenvalue weighted by atomic mass is 16.2. The van der Waals surface area contributed by atoms with Crippen LogP contribution in [0, 0.1) is 17.8 Å². The van der Waals surface area contributed by atoms with Gasteiger partial charge in [-0.05, 0) is 55.5 Å². The third-order valence-corrected chi connectivity index (χ3v) is 5.77. The highest BCUT2D eigenvalue weighted by molar-refractivity contribution is 5.93. The van der Waals surface area contributed by atoms with Gasteiger partial charge in [-0.1, -0.05) is 32.9 Å². The van der Waals surface area contributed by atoms with E-state index in [1.165, 1.54) is 12.0 Å². The SMILES string of the molecule is CCN(CC)Cc1cccc(NC(=O)C2CC(C)CC3CNNC32)c1. The van der Waals surface area contributed by atoms with Crippen LogP contribution in [0.4, 0.5) is 5.69 Å². The lowest BCUT2D eigenvalue weighted by atomic mass is 9.73. The van der Waals surface area contributed by atoms with E-state index in [2.05, 4.69) is 54.0 Å². The van der Waals surface area contributed by atoms with E-state index >= 15 is 0 Å². The van der Waals surface area contributed by atoms with E-state index in [1.807, 2.05) is 12.1 Å². The molecular formula is C20H32N4O. The van der Waals surface area contributed by atoms with Crippen LogP contribution in [0.5, 0.6) is 0 Å². The van der Waals surface area contributed by atoms with Gasteiger partial charge in [0.1, 0.15) is 0 Å². The van der Waals surface area contributed by atoms with Crippen LogP contribution in [-0.2, 0) is 11.3 Å². The second kappa shape index (κ2) is 8.30. The van der Waals surface area contributed by atoms with E-state index in [1.54, 1.807) is 0 Å². The van der Waals surface area contributed by atoms with Crippen molar-refractivity contribution in [3.63, 3.8) is 0 Å². The van der Waals surface area contributed by atoms with E-state index < -0.39 is 0 Å². The summed E-state index contributed by atoms with van der Waals surface area (Å²) < 4.78 is 0. The van der Waals surface area contributed by atoms with Crippen molar-refractivity contribution in [3.05, 3.63) is 29.8 Å². The molecule has 3 N–H and O–H groups in total. The summed E-state index contributed by atoms with van der Waals surface area (Å²) in [7, 11) is 0. The number of hydrogen-bond donors (Lipinski definition) is 3. The predicted molar refractivity (Wildman–Crippen MR) is 102 cm³/mol. The van der Waals surface area contributed by atoms with Gasteiger partial charge in [0, 0.05) is 24.8 Å². The van der Waals surface area contributed by atoms with E-state index in [9.17, 15) is 4.79 Å². The van der Waals surface area contributed by atoms with Crippen molar-refractivity contribution < 1.29 is 4.79 Å². The molecule has 2 fully saturated rings. The van der Waals surface area contributed by atoms with Crippen molar-refractivity contribution in [2.45, 2.75) is 46.2 Å². The summed E-state index contributed by atoms with van der Waals surface area (Å²) >= 11 is 0. The fraction of sp³-hybridized carbons (Fsp3) is 0.650. The van der Waals surface area contributed by atoms with Gasteiger partial charge in [0.15, 0.2) is 0 Å². The highest BCUT2D eigenvalue weighted by Gasteiger charge is 2.42. The molecule has 5 nitrogen and oxygen atoms in total. The third kappa shape index (κ3) is 4.40. The number of nitrogens with one attached hydrogen (secondary N) is 3. The molecule has 1 amide bonds. The molecule has 0 radical (unpaired) electrons. The maximum absolute atomic E-state index is 12.9. The van der Waals surface area contributed by atoms with Crippen molar-refractivity contribution in [1.29, 1.82) is 0 Å². The number of benzene rings is 1. The molecule has 0 spiro atoms. The first-order valence-electron chi connectivity index (χ1n) is 9.71. The number of anilines is 1. The van der Waals surface area contributed by atoms with Crippen LogP contribution in [0.25, 0.3) is 0 Å². The number of carbonyl (C=O) groups excluding carboxylic acids is 1. The van der Waals surface area contributed by atoms with Crippen LogP contribution in [-0.4, -0.2) is 36.5 Å². The van der Waals surface area contributed by atoms with Crippen molar-refractivity contribution in [1.82, 2.24) is 15.8 Å². The molecule has 1 aromatic rings. The Kier molecular flexibility index (Phi) is 6.10. The Labute approximate surface area is 151 Å². The Bertz CT molecular complexity index is 587. The Morgan fingerprint density at radius 1 is 1.28 bits per heavy atom.